The van der Waals surface area contributed by atoms with Gasteiger partial charge in [-0.1, -0.05) is 10.8 Å². The van der Waals surface area contributed by atoms with Crippen LogP contribution in [-0.2, 0) is 0 Å². The number of hydrogen-bond acceptors (Lipinski definition) is 6. The molecule has 0 aliphatic rings. The van der Waals surface area contributed by atoms with Crippen LogP contribution >= 0.6 is 34.0 Å². The summed E-state index contributed by atoms with van der Waals surface area (Å²) in [6.07, 6.45) is 1.54. The van der Waals surface area contributed by atoms with Gasteiger partial charge in [-0.05, 0) is 16.9 Å². The Bertz CT molecular complexity index is 327. The minimum absolute atomic E-state index is 0. The van der Waals surface area contributed by atoms with Crippen molar-refractivity contribution in [3.63, 3.8) is 0 Å². The molecule has 0 radical (unpaired) electrons. The first kappa shape index (κ1) is 14.5. The van der Waals surface area contributed by atoms with Crippen LogP contribution in [-0.4, -0.2) is 22.2 Å². The summed E-state index contributed by atoms with van der Waals surface area (Å²) < 4.78 is 0. The van der Waals surface area contributed by atoms with E-state index in [1.54, 1.807) is 12.3 Å². The molecule has 0 saturated heterocycles. The number of nitro groups is 1. The number of aromatic nitrogens is 1. The molecule has 0 aromatic carbocycles. The maximum Gasteiger partial charge on any atom is 0.302 e. The van der Waals surface area contributed by atoms with Crippen LogP contribution in [0.25, 0.3) is 0 Å². The van der Waals surface area contributed by atoms with Gasteiger partial charge in [0.15, 0.2) is 5.03 Å². The van der Waals surface area contributed by atoms with Gasteiger partial charge in [-0.25, -0.2) is 4.98 Å². The third kappa shape index (κ3) is 4.70. The smallest absolute Gasteiger partial charge is 0.302 e. The van der Waals surface area contributed by atoms with Crippen molar-refractivity contribution in [2.45, 2.75) is 5.03 Å². The molecule has 1 rings (SSSR count). The average molecular weight is 268 g/mol. The van der Waals surface area contributed by atoms with E-state index in [1.807, 2.05) is 0 Å². The van der Waals surface area contributed by atoms with Gasteiger partial charge < -0.3 is 5.73 Å². The molecule has 0 fully saturated rings. The summed E-state index contributed by atoms with van der Waals surface area (Å²) in [5.74, 6) is 0.748. The third-order valence-electron chi connectivity index (χ3n) is 1.29. The highest BCUT2D eigenvalue weighted by Gasteiger charge is 2.14. The molecule has 1 heterocycles. The second kappa shape index (κ2) is 7.75. The van der Waals surface area contributed by atoms with Crippen molar-refractivity contribution >= 4 is 39.7 Å². The second-order valence-corrected chi connectivity index (χ2v) is 4.68. The molecule has 84 valence electrons. The molecular formula is C7H10ClN3O2S2. The number of nitrogens with two attached hydrogens (primary N) is 1. The summed E-state index contributed by atoms with van der Waals surface area (Å²) >= 11 is 0. The van der Waals surface area contributed by atoms with Crippen LogP contribution in [0.15, 0.2) is 23.4 Å². The van der Waals surface area contributed by atoms with E-state index in [1.165, 1.54) is 27.7 Å². The minimum atomic E-state index is -0.432. The molecule has 0 bridgehead atoms. The van der Waals surface area contributed by atoms with Gasteiger partial charge in [0.1, 0.15) is 0 Å². The lowest BCUT2D eigenvalue weighted by atomic mass is 10.4. The van der Waals surface area contributed by atoms with Crippen molar-refractivity contribution in [2.24, 2.45) is 5.73 Å². The fraction of sp³-hybridized carbons (Fsp3) is 0.286. The summed E-state index contributed by atoms with van der Waals surface area (Å²) in [6, 6.07) is 2.99. The van der Waals surface area contributed by atoms with E-state index in [4.69, 9.17) is 5.73 Å². The van der Waals surface area contributed by atoms with E-state index >= 15 is 0 Å². The zero-order valence-electron chi connectivity index (χ0n) is 7.66. The highest BCUT2D eigenvalue weighted by molar-refractivity contribution is 8.76. The van der Waals surface area contributed by atoms with E-state index in [9.17, 15) is 10.1 Å². The summed E-state index contributed by atoms with van der Waals surface area (Å²) in [6.45, 7) is 0.554. The third-order valence-corrected chi connectivity index (χ3v) is 3.61. The molecule has 5 nitrogen and oxygen atoms in total. The van der Waals surface area contributed by atoms with Crippen molar-refractivity contribution in [1.82, 2.24) is 4.98 Å². The Morgan fingerprint density at radius 1 is 1.60 bits per heavy atom. The molecule has 0 spiro atoms. The van der Waals surface area contributed by atoms with Crippen LogP contribution in [0.4, 0.5) is 5.69 Å². The Morgan fingerprint density at radius 3 is 2.93 bits per heavy atom. The average Bonchev–Trinajstić information content (AvgIpc) is 2.19. The van der Waals surface area contributed by atoms with Crippen molar-refractivity contribution in [3.8, 4) is 0 Å². The fourth-order valence-corrected chi connectivity index (χ4v) is 2.61. The first-order chi connectivity index (χ1) is 6.75. The number of pyridine rings is 1. The van der Waals surface area contributed by atoms with Gasteiger partial charge in [-0.3, -0.25) is 10.1 Å². The van der Waals surface area contributed by atoms with Crippen LogP contribution in [0.3, 0.4) is 0 Å². The zero-order valence-corrected chi connectivity index (χ0v) is 10.1. The van der Waals surface area contributed by atoms with Gasteiger partial charge in [-0.2, -0.15) is 0 Å². The molecule has 0 aliphatic carbocycles. The molecule has 0 amide bonds. The highest BCUT2D eigenvalue weighted by atomic mass is 35.5. The van der Waals surface area contributed by atoms with Gasteiger partial charge >= 0.3 is 5.69 Å². The van der Waals surface area contributed by atoms with Crippen molar-refractivity contribution in [2.75, 3.05) is 12.3 Å². The van der Waals surface area contributed by atoms with Gasteiger partial charge in [0, 0.05) is 24.6 Å². The molecule has 0 saturated carbocycles. The minimum Gasteiger partial charge on any atom is -0.330 e. The SMILES string of the molecule is Cl.NCCSSc1ncccc1[N+](=O)[O-]. The quantitative estimate of drug-likeness (QED) is 0.381. The molecular weight excluding hydrogens is 258 g/mol. The van der Waals surface area contributed by atoms with E-state index in [-0.39, 0.29) is 18.1 Å². The molecule has 0 unspecified atom stereocenters. The standard InChI is InChI=1S/C7H9N3O2S2.ClH/c8-3-5-13-14-7-6(10(11)12)2-1-4-9-7;/h1-2,4H,3,5,8H2;1H. The number of halogens is 1. The summed E-state index contributed by atoms with van der Waals surface area (Å²) in [7, 11) is 2.75. The lowest BCUT2D eigenvalue weighted by Crippen LogP contribution is -2.00. The van der Waals surface area contributed by atoms with Crippen molar-refractivity contribution in [3.05, 3.63) is 28.4 Å². The molecule has 0 aliphatic heterocycles. The summed E-state index contributed by atoms with van der Waals surface area (Å²) in [5.41, 5.74) is 5.35. The fourth-order valence-electron chi connectivity index (χ4n) is 0.731. The monoisotopic (exact) mass is 267 g/mol. The predicted molar refractivity (Wildman–Crippen MR) is 65.5 cm³/mol. The topological polar surface area (TPSA) is 82.0 Å². The number of rotatable bonds is 5. The van der Waals surface area contributed by atoms with E-state index < -0.39 is 4.92 Å². The summed E-state index contributed by atoms with van der Waals surface area (Å²) in [5, 5.41) is 11.0. The Labute approximate surface area is 101 Å². The Balaban J connectivity index is 0.00000196. The van der Waals surface area contributed by atoms with E-state index in [2.05, 4.69) is 4.98 Å². The van der Waals surface area contributed by atoms with Crippen LogP contribution in [0, 0.1) is 10.1 Å². The lowest BCUT2D eigenvalue weighted by Gasteiger charge is -1.99. The van der Waals surface area contributed by atoms with E-state index in [0.717, 1.165) is 5.75 Å². The molecule has 2 N–H and O–H groups in total. The number of nitrogens with zero attached hydrogens (tertiary/aromatic N) is 2. The van der Waals surface area contributed by atoms with Gasteiger partial charge in [0.25, 0.3) is 0 Å². The second-order valence-electron chi connectivity index (χ2n) is 2.28. The van der Waals surface area contributed by atoms with Gasteiger partial charge in [-0.15, -0.1) is 12.4 Å². The maximum absolute atomic E-state index is 10.6. The zero-order chi connectivity index (χ0) is 10.4. The molecule has 1 aromatic heterocycles. The Kier molecular flexibility index (Phi) is 7.49. The van der Waals surface area contributed by atoms with Crippen molar-refractivity contribution in [1.29, 1.82) is 0 Å². The van der Waals surface area contributed by atoms with Gasteiger partial charge in [0.2, 0.25) is 0 Å². The highest BCUT2D eigenvalue weighted by Crippen LogP contribution is 2.34. The molecule has 15 heavy (non-hydrogen) atoms. The molecule has 8 heteroatoms. The Morgan fingerprint density at radius 2 is 2.33 bits per heavy atom. The molecule has 1 aromatic rings. The predicted octanol–water partition coefficient (Wildman–Crippen LogP) is 2.11. The first-order valence-electron chi connectivity index (χ1n) is 3.84. The first-order valence-corrected chi connectivity index (χ1v) is 6.16. The maximum atomic E-state index is 10.6. The lowest BCUT2D eigenvalue weighted by molar-refractivity contribution is -0.388. The van der Waals surface area contributed by atoms with Crippen LogP contribution in [0.1, 0.15) is 0 Å². The van der Waals surface area contributed by atoms with Crippen LogP contribution in [0.2, 0.25) is 0 Å². The largest absolute Gasteiger partial charge is 0.330 e. The molecule has 0 atom stereocenters. The van der Waals surface area contributed by atoms with Crippen molar-refractivity contribution < 1.29 is 4.92 Å². The van der Waals surface area contributed by atoms with E-state index in [0.29, 0.717) is 11.6 Å². The van der Waals surface area contributed by atoms with Gasteiger partial charge in [0.05, 0.1) is 4.92 Å². The van der Waals surface area contributed by atoms with Crippen LogP contribution in [0.5, 0.6) is 0 Å². The summed E-state index contributed by atoms with van der Waals surface area (Å²) in [4.78, 5) is 14.1. The number of hydrogen-bond donors (Lipinski definition) is 1. The van der Waals surface area contributed by atoms with Crippen LogP contribution < -0.4 is 5.73 Å². The Hall–Kier alpha value is -0.500. The normalized spacial score (nSPS) is 9.40.